The summed E-state index contributed by atoms with van der Waals surface area (Å²) in [5.74, 6) is -0.0610. The molecule has 1 N–H and O–H groups in total. The highest BCUT2D eigenvalue weighted by atomic mass is 79.9. The molecular weight excluding hydrogens is 546 g/mol. The molecular formula is C26H36BrN3O5S. The van der Waals surface area contributed by atoms with Crippen molar-refractivity contribution in [3.63, 3.8) is 0 Å². The molecule has 0 radical (unpaired) electrons. The zero-order chi connectivity index (χ0) is 27.0. The fraction of sp³-hybridized carbons (Fsp3) is 0.462. The van der Waals surface area contributed by atoms with Gasteiger partial charge in [0.2, 0.25) is 21.8 Å². The number of sulfonamides is 1. The lowest BCUT2D eigenvalue weighted by Crippen LogP contribution is -2.53. The predicted molar refractivity (Wildman–Crippen MR) is 147 cm³/mol. The molecule has 0 saturated heterocycles. The van der Waals surface area contributed by atoms with Crippen molar-refractivity contribution >= 4 is 43.5 Å². The highest BCUT2D eigenvalue weighted by molar-refractivity contribution is 9.10. The lowest BCUT2D eigenvalue weighted by atomic mass is 10.1. The van der Waals surface area contributed by atoms with Gasteiger partial charge >= 0.3 is 0 Å². The number of amides is 2. The standard InChI is InChI=1S/C26H36BrN3O5S/c1-7-19(4)28-26(32)24(8-2)29(16-20-9-12-22(35-5)13-10-20)25(31)17-30(36(6,33)34)21-11-14-23(27)18(3)15-21/h9-15,19,24H,7-8,16-17H2,1-6H3,(H,28,32)/t19-,24-/m0/s1. The Hall–Kier alpha value is -2.59. The number of methoxy groups -OCH3 is 1. The Labute approximate surface area is 223 Å². The molecule has 2 atom stereocenters. The molecule has 0 saturated carbocycles. The largest absolute Gasteiger partial charge is 0.497 e. The maximum Gasteiger partial charge on any atom is 0.244 e. The normalized spacial score (nSPS) is 13.0. The second-order valence-corrected chi connectivity index (χ2v) is 11.6. The summed E-state index contributed by atoms with van der Waals surface area (Å²) in [7, 11) is -2.21. The second-order valence-electron chi connectivity index (χ2n) is 8.81. The molecule has 2 amide bonds. The van der Waals surface area contributed by atoms with Gasteiger partial charge in [0.15, 0.2) is 0 Å². The molecule has 0 fully saturated rings. The van der Waals surface area contributed by atoms with Gasteiger partial charge in [-0.15, -0.1) is 0 Å². The maximum absolute atomic E-state index is 13.7. The van der Waals surface area contributed by atoms with Gasteiger partial charge in [-0.05, 0) is 68.1 Å². The molecule has 2 rings (SSSR count). The van der Waals surface area contributed by atoms with Crippen LogP contribution in [0.5, 0.6) is 5.75 Å². The average Bonchev–Trinajstić information content (AvgIpc) is 2.83. The molecule has 0 aliphatic carbocycles. The van der Waals surface area contributed by atoms with Crippen molar-refractivity contribution in [3.8, 4) is 5.75 Å². The van der Waals surface area contributed by atoms with E-state index in [1.807, 2.05) is 39.8 Å². The van der Waals surface area contributed by atoms with Crippen LogP contribution in [0, 0.1) is 6.92 Å². The summed E-state index contributed by atoms with van der Waals surface area (Å²) in [6.07, 6.45) is 2.19. The van der Waals surface area contributed by atoms with E-state index in [4.69, 9.17) is 4.74 Å². The van der Waals surface area contributed by atoms with Crippen LogP contribution in [0.1, 0.15) is 44.7 Å². The number of nitrogens with one attached hydrogen (secondary N) is 1. The molecule has 10 heteroatoms. The minimum atomic E-state index is -3.78. The van der Waals surface area contributed by atoms with E-state index in [-0.39, 0.29) is 18.5 Å². The number of anilines is 1. The lowest BCUT2D eigenvalue weighted by Gasteiger charge is -2.33. The Kier molecular flexibility index (Phi) is 10.8. The summed E-state index contributed by atoms with van der Waals surface area (Å²) in [6.45, 7) is 7.27. The minimum absolute atomic E-state index is 0.0530. The van der Waals surface area contributed by atoms with Gasteiger partial charge in [0.1, 0.15) is 18.3 Å². The summed E-state index contributed by atoms with van der Waals surface area (Å²) in [5, 5.41) is 2.96. The summed E-state index contributed by atoms with van der Waals surface area (Å²) in [4.78, 5) is 28.3. The van der Waals surface area contributed by atoms with E-state index >= 15 is 0 Å². The van der Waals surface area contributed by atoms with E-state index < -0.39 is 28.5 Å². The Morgan fingerprint density at radius 1 is 1.08 bits per heavy atom. The first-order valence-corrected chi connectivity index (χ1v) is 14.5. The zero-order valence-corrected chi connectivity index (χ0v) is 24.1. The third-order valence-corrected chi connectivity index (χ3v) is 8.04. The van der Waals surface area contributed by atoms with Crippen molar-refractivity contribution in [2.75, 3.05) is 24.2 Å². The molecule has 36 heavy (non-hydrogen) atoms. The number of hydrogen-bond acceptors (Lipinski definition) is 5. The van der Waals surface area contributed by atoms with Gasteiger partial charge in [0.05, 0.1) is 19.1 Å². The fourth-order valence-corrected chi connectivity index (χ4v) is 4.77. The number of rotatable bonds is 12. The second kappa shape index (κ2) is 13.1. The molecule has 2 aromatic rings. The van der Waals surface area contributed by atoms with Crippen LogP contribution in [0.4, 0.5) is 5.69 Å². The number of ether oxygens (including phenoxy) is 1. The Morgan fingerprint density at radius 3 is 2.22 bits per heavy atom. The number of halogens is 1. The van der Waals surface area contributed by atoms with Crippen molar-refractivity contribution in [3.05, 3.63) is 58.1 Å². The molecule has 0 spiro atoms. The van der Waals surface area contributed by atoms with Gasteiger partial charge in [0, 0.05) is 17.1 Å². The summed E-state index contributed by atoms with van der Waals surface area (Å²) < 4.78 is 32.6. The highest BCUT2D eigenvalue weighted by Crippen LogP contribution is 2.25. The molecule has 0 aromatic heterocycles. The summed E-state index contributed by atoms with van der Waals surface area (Å²) >= 11 is 3.42. The van der Waals surface area contributed by atoms with Crippen LogP contribution >= 0.6 is 15.9 Å². The van der Waals surface area contributed by atoms with Crippen LogP contribution in [-0.2, 0) is 26.2 Å². The van der Waals surface area contributed by atoms with E-state index in [2.05, 4.69) is 21.2 Å². The molecule has 198 valence electrons. The van der Waals surface area contributed by atoms with E-state index in [0.29, 0.717) is 17.9 Å². The van der Waals surface area contributed by atoms with Crippen LogP contribution in [0.15, 0.2) is 46.9 Å². The van der Waals surface area contributed by atoms with Crippen LogP contribution in [0.3, 0.4) is 0 Å². The number of hydrogen-bond donors (Lipinski definition) is 1. The Morgan fingerprint density at radius 2 is 1.72 bits per heavy atom. The first-order valence-electron chi connectivity index (χ1n) is 11.9. The Bertz CT molecular complexity index is 1150. The maximum atomic E-state index is 13.7. The molecule has 2 aromatic carbocycles. The summed E-state index contributed by atoms with van der Waals surface area (Å²) in [5.41, 5.74) is 2.01. The summed E-state index contributed by atoms with van der Waals surface area (Å²) in [6, 6.07) is 11.5. The number of benzene rings is 2. The van der Waals surface area contributed by atoms with Crippen LogP contribution in [0.2, 0.25) is 0 Å². The van der Waals surface area contributed by atoms with Gasteiger partial charge in [-0.25, -0.2) is 8.42 Å². The quantitative estimate of drug-likeness (QED) is 0.404. The number of aryl methyl sites for hydroxylation is 1. The van der Waals surface area contributed by atoms with Gasteiger partial charge in [-0.2, -0.15) is 0 Å². The van der Waals surface area contributed by atoms with Gasteiger partial charge in [-0.1, -0.05) is 41.9 Å². The Balaban J connectivity index is 2.45. The minimum Gasteiger partial charge on any atom is -0.497 e. The van der Waals surface area contributed by atoms with Crippen molar-refractivity contribution in [2.24, 2.45) is 0 Å². The smallest absolute Gasteiger partial charge is 0.244 e. The van der Waals surface area contributed by atoms with E-state index in [1.54, 1.807) is 37.4 Å². The predicted octanol–water partition coefficient (Wildman–Crippen LogP) is 4.25. The van der Waals surface area contributed by atoms with Gasteiger partial charge in [0.25, 0.3) is 0 Å². The van der Waals surface area contributed by atoms with Crippen LogP contribution in [0.25, 0.3) is 0 Å². The molecule has 8 nitrogen and oxygen atoms in total. The first-order chi connectivity index (χ1) is 16.9. The van der Waals surface area contributed by atoms with E-state index in [0.717, 1.165) is 32.6 Å². The molecule has 0 aliphatic rings. The van der Waals surface area contributed by atoms with E-state index in [9.17, 15) is 18.0 Å². The zero-order valence-electron chi connectivity index (χ0n) is 21.7. The third-order valence-electron chi connectivity index (χ3n) is 6.01. The highest BCUT2D eigenvalue weighted by Gasteiger charge is 2.32. The SMILES string of the molecule is CC[C@H](C)NC(=O)[C@H](CC)N(Cc1ccc(OC)cc1)C(=O)CN(c1ccc(Br)c(C)c1)S(C)(=O)=O. The lowest BCUT2D eigenvalue weighted by molar-refractivity contribution is -0.140. The average molecular weight is 583 g/mol. The first kappa shape index (κ1) is 29.6. The third kappa shape index (κ3) is 7.96. The molecule has 0 unspecified atom stereocenters. The van der Waals surface area contributed by atoms with Gasteiger partial charge < -0.3 is 15.0 Å². The van der Waals surface area contributed by atoms with Crippen molar-refractivity contribution in [1.82, 2.24) is 10.2 Å². The van der Waals surface area contributed by atoms with Crippen molar-refractivity contribution in [1.29, 1.82) is 0 Å². The van der Waals surface area contributed by atoms with Crippen molar-refractivity contribution < 1.29 is 22.7 Å². The fourth-order valence-electron chi connectivity index (χ4n) is 3.69. The molecule has 0 bridgehead atoms. The molecule has 0 heterocycles. The van der Waals surface area contributed by atoms with Gasteiger partial charge in [-0.3, -0.25) is 13.9 Å². The van der Waals surface area contributed by atoms with Crippen LogP contribution < -0.4 is 14.4 Å². The number of nitrogens with zero attached hydrogens (tertiary/aromatic N) is 2. The number of carbonyl (C=O) groups excluding carboxylic acids is 2. The van der Waals surface area contributed by atoms with Crippen LogP contribution in [-0.4, -0.2) is 57.1 Å². The molecule has 0 aliphatic heterocycles. The topological polar surface area (TPSA) is 96.0 Å². The number of carbonyl (C=O) groups is 2. The van der Waals surface area contributed by atoms with E-state index in [1.165, 1.54) is 4.90 Å². The monoisotopic (exact) mass is 581 g/mol. The van der Waals surface area contributed by atoms with Crippen molar-refractivity contribution in [2.45, 2.75) is 59.2 Å².